The molecule has 0 saturated carbocycles. The van der Waals surface area contributed by atoms with E-state index in [2.05, 4.69) is 38.2 Å². The molecule has 104 valence electrons. The van der Waals surface area contributed by atoms with Crippen LogP contribution in [-0.2, 0) is 6.42 Å². The maximum Gasteiger partial charge on any atom is 0.121 e. The number of unbranched alkanes of at least 4 members (excludes halogenated alkanes) is 3. The van der Waals surface area contributed by atoms with E-state index in [4.69, 9.17) is 4.42 Å². The molecule has 1 rings (SSSR count). The fourth-order valence-corrected chi connectivity index (χ4v) is 2.21. The van der Waals surface area contributed by atoms with Crippen LogP contribution >= 0.6 is 0 Å². The Kier molecular flexibility index (Phi) is 7.83. The summed E-state index contributed by atoms with van der Waals surface area (Å²) in [4.78, 5) is 0. The van der Waals surface area contributed by atoms with E-state index >= 15 is 0 Å². The molecule has 0 aromatic carbocycles. The minimum absolute atomic E-state index is 0.405. The molecule has 18 heavy (non-hydrogen) atoms. The van der Waals surface area contributed by atoms with E-state index in [-0.39, 0.29) is 0 Å². The minimum Gasteiger partial charge on any atom is -0.464 e. The van der Waals surface area contributed by atoms with Gasteiger partial charge in [-0.1, -0.05) is 46.5 Å². The van der Waals surface area contributed by atoms with E-state index in [0.29, 0.717) is 6.04 Å². The molecule has 1 aromatic heterocycles. The van der Waals surface area contributed by atoms with E-state index in [1.54, 1.807) is 0 Å². The quantitative estimate of drug-likeness (QED) is 0.601. The van der Waals surface area contributed by atoms with E-state index in [1.807, 2.05) is 0 Å². The van der Waals surface area contributed by atoms with Crippen LogP contribution in [0.1, 0.15) is 76.9 Å². The van der Waals surface area contributed by atoms with Gasteiger partial charge in [0.2, 0.25) is 0 Å². The number of rotatable bonds is 10. The van der Waals surface area contributed by atoms with Crippen LogP contribution in [0.5, 0.6) is 0 Å². The summed E-state index contributed by atoms with van der Waals surface area (Å²) in [6.45, 7) is 7.67. The minimum atomic E-state index is 0.405. The first-order valence-corrected chi connectivity index (χ1v) is 7.63. The Labute approximate surface area is 112 Å². The van der Waals surface area contributed by atoms with Gasteiger partial charge in [-0.3, -0.25) is 0 Å². The molecule has 2 nitrogen and oxygen atoms in total. The van der Waals surface area contributed by atoms with Gasteiger partial charge >= 0.3 is 0 Å². The Morgan fingerprint density at radius 2 is 1.89 bits per heavy atom. The van der Waals surface area contributed by atoms with Crippen LogP contribution in [0.25, 0.3) is 0 Å². The van der Waals surface area contributed by atoms with E-state index in [1.165, 1.54) is 38.5 Å². The predicted octanol–water partition coefficient (Wildman–Crippen LogP) is 4.85. The molecule has 2 heteroatoms. The zero-order valence-corrected chi connectivity index (χ0v) is 12.3. The average molecular weight is 251 g/mol. The van der Waals surface area contributed by atoms with Crippen LogP contribution in [0.2, 0.25) is 0 Å². The monoisotopic (exact) mass is 251 g/mol. The molecule has 0 saturated heterocycles. The van der Waals surface area contributed by atoms with Gasteiger partial charge in [0, 0.05) is 6.42 Å². The highest BCUT2D eigenvalue weighted by molar-refractivity contribution is 5.10. The first kappa shape index (κ1) is 15.3. The van der Waals surface area contributed by atoms with Crippen molar-refractivity contribution >= 4 is 0 Å². The molecular formula is C16H29NO. The second kappa shape index (κ2) is 9.21. The maximum absolute atomic E-state index is 5.89. The smallest absolute Gasteiger partial charge is 0.121 e. The predicted molar refractivity (Wildman–Crippen MR) is 77.9 cm³/mol. The van der Waals surface area contributed by atoms with Crippen molar-refractivity contribution in [3.8, 4) is 0 Å². The number of hydrogen-bond acceptors (Lipinski definition) is 2. The van der Waals surface area contributed by atoms with Crippen LogP contribution in [0, 0.1) is 0 Å². The standard InChI is InChI=1S/C16H29NO/c1-4-7-8-9-10-15(17-13-5-2)16-12-11-14(6-3)18-16/h11-12,15,17H,4-10,13H2,1-3H3. The van der Waals surface area contributed by atoms with E-state index in [0.717, 1.165) is 24.5 Å². The normalized spacial score (nSPS) is 12.8. The Hall–Kier alpha value is -0.760. The molecule has 0 radical (unpaired) electrons. The molecule has 0 bridgehead atoms. The Bertz CT molecular complexity index is 306. The lowest BCUT2D eigenvalue weighted by Crippen LogP contribution is -2.21. The third-order valence-electron chi connectivity index (χ3n) is 3.36. The summed E-state index contributed by atoms with van der Waals surface area (Å²) in [5, 5.41) is 3.61. The summed E-state index contributed by atoms with van der Waals surface area (Å²) in [5.41, 5.74) is 0. The molecule has 0 aliphatic carbocycles. The summed E-state index contributed by atoms with van der Waals surface area (Å²) < 4.78 is 5.89. The van der Waals surface area contributed by atoms with Crippen molar-refractivity contribution in [1.29, 1.82) is 0 Å². The van der Waals surface area contributed by atoms with Crippen molar-refractivity contribution in [2.24, 2.45) is 0 Å². The van der Waals surface area contributed by atoms with Crippen LogP contribution in [0.3, 0.4) is 0 Å². The third-order valence-corrected chi connectivity index (χ3v) is 3.36. The van der Waals surface area contributed by atoms with Crippen LogP contribution in [0.15, 0.2) is 16.5 Å². The molecule has 1 heterocycles. The van der Waals surface area contributed by atoms with Crippen molar-refractivity contribution in [2.75, 3.05) is 6.54 Å². The summed E-state index contributed by atoms with van der Waals surface area (Å²) in [6, 6.07) is 4.66. The highest BCUT2D eigenvalue weighted by atomic mass is 16.3. The molecular weight excluding hydrogens is 222 g/mol. The summed E-state index contributed by atoms with van der Waals surface area (Å²) in [7, 11) is 0. The van der Waals surface area contributed by atoms with Gasteiger partial charge in [-0.15, -0.1) is 0 Å². The largest absolute Gasteiger partial charge is 0.464 e. The summed E-state index contributed by atoms with van der Waals surface area (Å²) in [5.74, 6) is 2.22. The van der Waals surface area contributed by atoms with Crippen molar-refractivity contribution in [3.63, 3.8) is 0 Å². The second-order valence-electron chi connectivity index (χ2n) is 5.01. The van der Waals surface area contributed by atoms with Crippen LogP contribution in [-0.4, -0.2) is 6.54 Å². The lowest BCUT2D eigenvalue weighted by molar-refractivity contribution is 0.371. The molecule has 1 N–H and O–H groups in total. The van der Waals surface area contributed by atoms with Crippen molar-refractivity contribution in [3.05, 3.63) is 23.7 Å². The summed E-state index contributed by atoms with van der Waals surface area (Å²) in [6.07, 6.45) is 8.62. The van der Waals surface area contributed by atoms with Crippen molar-refractivity contribution in [2.45, 2.75) is 71.8 Å². The molecule has 1 aromatic rings. The Morgan fingerprint density at radius 3 is 2.50 bits per heavy atom. The maximum atomic E-state index is 5.89. The van der Waals surface area contributed by atoms with Gasteiger partial charge in [0.25, 0.3) is 0 Å². The number of aryl methyl sites for hydroxylation is 1. The average Bonchev–Trinajstić information content (AvgIpc) is 2.86. The van der Waals surface area contributed by atoms with Gasteiger partial charge in [-0.25, -0.2) is 0 Å². The molecule has 0 aliphatic rings. The molecule has 0 aliphatic heterocycles. The van der Waals surface area contributed by atoms with Gasteiger partial charge in [-0.2, -0.15) is 0 Å². The van der Waals surface area contributed by atoms with Gasteiger partial charge in [-0.05, 0) is 31.5 Å². The topological polar surface area (TPSA) is 25.2 Å². The molecule has 0 fully saturated rings. The third kappa shape index (κ3) is 5.26. The first-order chi connectivity index (χ1) is 8.81. The summed E-state index contributed by atoms with van der Waals surface area (Å²) >= 11 is 0. The highest BCUT2D eigenvalue weighted by Crippen LogP contribution is 2.22. The van der Waals surface area contributed by atoms with E-state index in [9.17, 15) is 0 Å². The van der Waals surface area contributed by atoms with Gasteiger partial charge in [0.1, 0.15) is 11.5 Å². The fraction of sp³-hybridized carbons (Fsp3) is 0.750. The van der Waals surface area contributed by atoms with Crippen molar-refractivity contribution in [1.82, 2.24) is 5.32 Å². The SMILES string of the molecule is CCCCCCC(NCCC)c1ccc(CC)o1. The molecule has 0 amide bonds. The lowest BCUT2D eigenvalue weighted by Gasteiger charge is -2.16. The molecule has 0 spiro atoms. The zero-order chi connectivity index (χ0) is 13.2. The van der Waals surface area contributed by atoms with E-state index < -0.39 is 0 Å². The van der Waals surface area contributed by atoms with Gasteiger partial charge < -0.3 is 9.73 Å². The van der Waals surface area contributed by atoms with Gasteiger partial charge in [0.05, 0.1) is 6.04 Å². The molecule has 1 atom stereocenters. The molecule has 1 unspecified atom stereocenters. The fourth-order valence-electron chi connectivity index (χ4n) is 2.21. The zero-order valence-electron chi connectivity index (χ0n) is 12.3. The highest BCUT2D eigenvalue weighted by Gasteiger charge is 2.14. The number of furan rings is 1. The lowest BCUT2D eigenvalue weighted by atomic mass is 10.1. The number of hydrogen-bond donors (Lipinski definition) is 1. The number of nitrogens with one attached hydrogen (secondary N) is 1. The van der Waals surface area contributed by atoms with Crippen LogP contribution in [0.4, 0.5) is 0 Å². The second-order valence-corrected chi connectivity index (χ2v) is 5.01. The first-order valence-electron chi connectivity index (χ1n) is 7.63. The Balaban J connectivity index is 2.48. The van der Waals surface area contributed by atoms with Crippen LogP contribution < -0.4 is 5.32 Å². The Morgan fingerprint density at radius 1 is 1.06 bits per heavy atom. The van der Waals surface area contributed by atoms with Gasteiger partial charge in [0.15, 0.2) is 0 Å². The van der Waals surface area contributed by atoms with Crippen molar-refractivity contribution < 1.29 is 4.42 Å².